The molecule has 0 radical (unpaired) electrons. The lowest BCUT2D eigenvalue weighted by molar-refractivity contribution is -0.125. The number of anilines is 1. The van der Waals surface area contributed by atoms with E-state index in [1.807, 2.05) is 0 Å². The zero-order chi connectivity index (χ0) is 13.7. The van der Waals surface area contributed by atoms with Gasteiger partial charge in [-0.1, -0.05) is 11.6 Å². The summed E-state index contributed by atoms with van der Waals surface area (Å²) in [6.07, 6.45) is -0.752. The largest absolute Gasteiger partial charge is 0.370 e. The fourth-order valence-electron chi connectivity index (χ4n) is 1.32. The van der Waals surface area contributed by atoms with Crippen LogP contribution in [0.4, 0.5) is 5.69 Å². The number of amides is 2. The highest BCUT2D eigenvalue weighted by Gasteiger charge is 2.16. The number of hydrogen-bond donors (Lipinski definition) is 3. The summed E-state index contributed by atoms with van der Waals surface area (Å²) in [6.45, 7) is 0.0542. The molecule has 0 fully saturated rings. The molecule has 0 aliphatic heterocycles. The first kappa shape index (κ1) is 14.4. The summed E-state index contributed by atoms with van der Waals surface area (Å²) in [5.41, 5.74) is 11.0. The van der Waals surface area contributed by atoms with Crippen molar-refractivity contribution in [2.45, 2.75) is 6.10 Å². The quantitative estimate of drug-likeness (QED) is 0.718. The van der Waals surface area contributed by atoms with Crippen molar-refractivity contribution in [2.75, 3.05) is 19.0 Å². The maximum absolute atomic E-state index is 11.7. The number of halogens is 1. The van der Waals surface area contributed by atoms with Gasteiger partial charge < -0.3 is 21.5 Å². The first-order chi connectivity index (χ1) is 8.49. The van der Waals surface area contributed by atoms with E-state index in [4.69, 9.17) is 27.8 Å². The molecule has 0 saturated heterocycles. The van der Waals surface area contributed by atoms with Crippen molar-refractivity contribution >= 4 is 29.1 Å². The molecular weight excluding hydrogens is 258 g/mol. The lowest BCUT2D eigenvalue weighted by atomic mass is 10.2. The monoisotopic (exact) mass is 271 g/mol. The summed E-state index contributed by atoms with van der Waals surface area (Å²) in [5.74, 6) is -1.07. The Morgan fingerprint density at radius 1 is 1.50 bits per heavy atom. The van der Waals surface area contributed by atoms with E-state index in [0.29, 0.717) is 5.69 Å². The van der Waals surface area contributed by atoms with Crippen molar-refractivity contribution in [2.24, 2.45) is 11.5 Å². The minimum Gasteiger partial charge on any atom is -0.370 e. The number of carbonyl (C=O) groups excluding carboxylic acids is 2. The number of hydrogen-bond acceptors (Lipinski definition) is 4. The molecule has 18 heavy (non-hydrogen) atoms. The van der Waals surface area contributed by atoms with Crippen molar-refractivity contribution < 1.29 is 14.3 Å². The van der Waals surface area contributed by atoms with Crippen LogP contribution in [0.25, 0.3) is 0 Å². The number of carbonyl (C=O) groups is 2. The van der Waals surface area contributed by atoms with E-state index < -0.39 is 17.9 Å². The number of benzene rings is 1. The second-order valence-electron chi connectivity index (χ2n) is 3.51. The van der Waals surface area contributed by atoms with E-state index in [1.165, 1.54) is 19.2 Å². The Balaban J connectivity index is 2.89. The maximum atomic E-state index is 11.7. The van der Waals surface area contributed by atoms with E-state index in [-0.39, 0.29) is 17.1 Å². The fraction of sp³-hybridized carbons (Fsp3) is 0.273. The summed E-state index contributed by atoms with van der Waals surface area (Å²) in [7, 11) is 1.38. The third kappa shape index (κ3) is 3.43. The van der Waals surface area contributed by atoms with E-state index in [1.54, 1.807) is 6.07 Å². The van der Waals surface area contributed by atoms with Crippen LogP contribution in [0.2, 0.25) is 5.02 Å². The van der Waals surface area contributed by atoms with Crippen molar-refractivity contribution in [3.63, 3.8) is 0 Å². The smallest absolute Gasteiger partial charge is 0.254 e. The molecule has 1 rings (SSSR count). The summed E-state index contributed by atoms with van der Waals surface area (Å²) in [5, 5.41) is 2.78. The summed E-state index contributed by atoms with van der Waals surface area (Å²) in [4.78, 5) is 22.8. The van der Waals surface area contributed by atoms with Gasteiger partial charge in [0.1, 0.15) is 6.10 Å². The van der Waals surface area contributed by atoms with Gasteiger partial charge in [-0.05, 0) is 18.2 Å². The molecular formula is C11H14ClN3O3. The first-order valence-corrected chi connectivity index (χ1v) is 5.50. The van der Waals surface area contributed by atoms with Crippen LogP contribution < -0.4 is 16.8 Å². The molecule has 6 nitrogen and oxygen atoms in total. The Kier molecular flexibility index (Phi) is 5.08. The van der Waals surface area contributed by atoms with Gasteiger partial charge in [-0.3, -0.25) is 9.59 Å². The molecule has 0 aromatic heterocycles. The number of rotatable bonds is 5. The lowest BCUT2D eigenvalue weighted by Gasteiger charge is -2.13. The molecule has 1 aromatic rings. The SMILES string of the molecule is COC(CN)C(=O)Nc1ccc(Cl)c(C(N)=O)c1. The van der Waals surface area contributed by atoms with Gasteiger partial charge >= 0.3 is 0 Å². The molecule has 0 heterocycles. The van der Waals surface area contributed by atoms with E-state index in [2.05, 4.69) is 5.32 Å². The van der Waals surface area contributed by atoms with Crippen LogP contribution in [-0.4, -0.2) is 31.6 Å². The number of nitrogens with two attached hydrogens (primary N) is 2. The molecule has 1 unspecified atom stereocenters. The van der Waals surface area contributed by atoms with Gasteiger partial charge in [0, 0.05) is 19.3 Å². The third-order valence-electron chi connectivity index (χ3n) is 2.29. The number of nitrogens with one attached hydrogen (secondary N) is 1. The number of methoxy groups -OCH3 is 1. The molecule has 7 heteroatoms. The molecule has 0 saturated carbocycles. The van der Waals surface area contributed by atoms with Crippen LogP contribution in [0.1, 0.15) is 10.4 Å². The van der Waals surface area contributed by atoms with Crippen LogP contribution in [0.5, 0.6) is 0 Å². The second-order valence-corrected chi connectivity index (χ2v) is 3.92. The first-order valence-electron chi connectivity index (χ1n) is 5.12. The van der Waals surface area contributed by atoms with Gasteiger partial charge in [0.15, 0.2) is 0 Å². The average Bonchev–Trinajstić information content (AvgIpc) is 2.32. The van der Waals surface area contributed by atoms with Crippen molar-refractivity contribution in [3.05, 3.63) is 28.8 Å². The Morgan fingerprint density at radius 3 is 2.67 bits per heavy atom. The van der Waals surface area contributed by atoms with E-state index >= 15 is 0 Å². The molecule has 0 spiro atoms. The summed E-state index contributed by atoms with van der Waals surface area (Å²) in [6, 6.07) is 4.42. The molecule has 5 N–H and O–H groups in total. The minimum atomic E-state index is -0.752. The zero-order valence-electron chi connectivity index (χ0n) is 9.77. The summed E-state index contributed by atoms with van der Waals surface area (Å²) < 4.78 is 4.88. The molecule has 98 valence electrons. The van der Waals surface area contributed by atoms with Crippen LogP contribution in [-0.2, 0) is 9.53 Å². The maximum Gasteiger partial charge on any atom is 0.254 e. The standard InChI is InChI=1S/C11H14ClN3O3/c1-18-9(5-13)11(17)15-6-2-3-8(12)7(4-6)10(14)16/h2-4,9H,5,13H2,1H3,(H2,14,16)(H,15,17). The van der Waals surface area contributed by atoms with Crippen LogP contribution in [0, 0.1) is 0 Å². The Bertz CT molecular complexity index is 461. The number of primary amides is 1. The van der Waals surface area contributed by atoms with E-state index in [0.717, 1.165) is 0 Å². The van der Waals surface area contributed by atoms with Gasteiger partial charge in [0.25, 0.3) is 5.91 Å². The van der Waals surface area contributed by atoms with Gasteiger partial charge in [-0.15, -0.1) is 0 Å². The van der Waals surface area contributed by atoms with Gasteiger partial charge in [-0.25, -0.2) is 0 Å². The fourth-order valence-corrected chi connectivity index (χ4v) is 1.54. The predicted molar refractivity (Wildman–Crippen MR) is 68.5 cm³/mol. The Labute approximate surface area is 109 Å². The Hall–Kier alpha value is -1.63. The second kappa shape index (κ2) is 6.34. The topological polar surface area (TPSA) is 107 Å². The van der Waals surface area contributed by atoms with Crippen LogP contribution in [0.3, 0.4) is 0 Å². The average molecular weight is 272 g/mol. The van der Waals surface area contributed by atoms with E-state index in [9.17, 15) is 9.59 Å². The molecule has 0 bridgehead atoms. The molecule has 0 aliphatic carbocycles. The highest BCUT2D eigenvalue weighted by atomic mass is 35.5. The molecule has 0 aliphatic rings. The zero-order valence-corrected chi connectivity index (χ0v) is 10.5. The van der Waals surface area contributed by atoms with Crippen molar-refractivity contribution in [3.8, 4) is 0 Å². The normalized spacial score (nSPS) is 11.9. The Morgan fingerprint density at radius 2 is 2.17 bits per heavy atom. The minimum absolute atomic E-state index is 0.0542. The third-order valence-corrected chi connectivity index (χ3v) is 2.62. The molecule has 2 amide bonds. The van der Waals surface area contributed by atoms with Crippen molar-refractivity contribution in [1.29, 1.82) is 0 Å². The molecule has 1 atom stereocenters. The van der Waals surface area contributed by atoms with Crippen molar-refractivity contribution in [1.82, 2.24) is 0 Å². The lowest BCUT2D eigenvalue weighted by Crippen LogP contribution is -2.35. The van der Waals surface area contributed by atoms with Gasteiger partial charge in [0.2, 0.25) is 5.91 Å². The molecule has 1 aromatic carbocycles. The highest BCUT2D eigenvalue weighted by molar-refractivity contribution is 6.34. The predicted octanol–water partition coefficient (Wildman–Crippen LogP) is 0.351. The van der Waals surface area contributed by atoms with Gasteiger partial charge in [-0.2, -0.15) is 0 Å². The summed E-state index contributed by atoms with van der Waals surface area (Å²) >= 11 is 5.79. The highest BCUT2D eigenvalue weighted by Crippen LogP contribution is 2.20. The van der Waals surface area contributed by atoms with Crippen LogP contribution >= 0.6 is 11.6 Å². The van der Waals surface area contributed by atoms with Crippen LogP contribution in [0.15, 0.2) is 18.2 Å². The van der Waals surface area contributed by atoms with Gasteiger partial charge in [0.05, 0.1) is 10.6 Å². The number of ether oxygens (including phenoxy) is 1.